The van der Waals surface area contributed by atoms with Crippen LogP contribution in [0, 0.1) is 0 Å². The molecular formula is C23H23N3O5S. The Morgan fingerprint density at radius 1 is 1.12 bits per heavy atom. The predicted molar refractivity (Wildman–Crippen MR) is 121 cm³/mol. The smallest absolute Gasteiger partial charge is 0.260 e. The van der Waals surface area contributed by atoms with Gasteiger partial charge in [0.1, 0.15) is 11.5 Å². The van der Waals surface area contributed by atoms with Gasteiger partial charge in [-0.25, -0.2) is 4.98 Å². The van der Waals surface area contributed by atoms with Crippen LogP contribution in [-0.4, -0.2) is 61.7 Å². The lowest BCUT2D eigenvalue weighted by atomic mass is 10.2. The van der Waals surface area contributed by atoms with Gasteiger partial charge in [-0.1, -0.05) is 6.07 Å². The highest BCUT2D eigenvalue weighted by molar-refractivity contribution is 7.14. The largest absolute Gasteiger partial charge is 0.497 e. The molecule has 4 rings (SSSR count). The highest BCUT2D eigenvalue weighted by atomic mass is 32.1. The number of anilines is 1. The molecule has 0 bridgehead atoms. The summed E-state index contributed by atoms with van der Waals surface area (Å²) in [4.78, 5) is 31.1. The van der Waals surface area contributed by atoms with E-state index in [4.69, 9.17) is 14.2 Å². The third kappa shape index (κ3) is 5.43. The highest BCUT2D eigenvalue weighted by Crippen LogP contribution is 2.27. The van der Waals surface area contributed by atoms with E-state index in [-0.39, 0.29) is 18.4 Å². The molecule has 1 aromatic heterocycles. The second-order valence-electron chi connectivity index (χ2n) is 7.03. The number of aromatic nitrogens is 1. The van der Waals surface area contributed by atoms with Gasteiger partial charge in [0.05, 0.1) is 26.0 Å². The Balaban J connectivity index is 1.35. The lowest BCUT2D eigenvalue weighted by Gasteiger charge is -2.26. The van der Waals surface area contributed by atoms with Crippen LogP contribution in [0.5, 0.6) is 11.5 Å². The molecule has 8 nitrogen and oxygen atoms in total. The van der Waals surface area contributed by atoms with Gasteiger partial charge >= 0.3 is 0 Å². The van der Waals surface area contributed by atoms with E-state index in [1.54, 1.807) is 36.3 Å². The molecule has 1 aliphatic heterocycles. The van der Waals surface area contributed by atoms with Gasteiger partial charge in [-0.15, -0.1) is 11.3 Å². The molecular weight excluding hydrogens is 430 g/mol. The van der Waals surface area contributed by atoms with Crippen LogP contribution in [0.2, 0.25) is 0 Å². The molecule has 166 valence electrons. The normalized spacial score (nSPS) is 13.5. The van der Waals surface area contributed by atoms with Gasteiger partial charge in [0.25, 0.3) is 11.8 Å². The van der Waals surface area contributed by atoms with Gasteiger partial charge in [-0.05, 0) is 42.5 Å². The van der Waals surface area contributed by atoms with Gasteiger partial charge in [-0.3, -0.25) is 14.9 Å². The molecule has 0 unspecified atom stereocenters. The first-order chi connectivity index (χ1) is 15.6. The lowest BCUT2D eigenvalue weighted by Crippen LogP contribution is -2.42. The SMILES string of the molecule is COc1ccc(-c2csc(NC(=O)c3cccc(OCC(=O)N4CCOCC4)c3)n2)cc1. The van der Waals surface area contributed by atoms with Crippen molar-refractivity contribution in [3.05, 3.63) is 59.5 Å². The molecule has 2 aromatic carbocycles. The Labute approximate surface area is 189 Å². The van der Waals surface area contributed by atoms with Gasteiger partial charge < -0.3 is 19.1 Å². The monoisotopic (exact) mass is 453 g/mol. The van der Waals surface area contributed by atoms with Crippen molar-refractivity contribution in [3.63, 3.8) is 0 Å². The number of morpholine rings is 1. The number of carbonyl (C=O) groups is 2. The number of methoxy groups -OCH3 is 1. The number of hydrogen-bond donors (Lipinski definition) is 1. The third-order valence-electron chi connectivity index (χ3n) is 4.93. The molecule has 2 amide bonds. The summed E-state index contributed by atoms with van der Waals surface area (Å²) >= 11 is 1.35. The van der Waals surface area contributed by atoms with Crippen molar-refractivity contribution in [2.45, 2.75) is 0 Å². The molecule has 0 spiro atoms. The number of ether oxygens (including phenoxy) is 3. The molecule has 9 heteroatoms. The summed E-state index contributed by atoms with van der Waals surface area (Å²) < 4.78 is 16.0. The van der Waals surface area contributed by atoms with Gasteiger partial charge in [0.15, 0.2) is 11.7 Å². The van der Waals surface area contributed by atoms with Crippen LogP contribution >= 0.6 is 11.3 Å². The molecule has 32 heavy (non-hydrogen) atoms. The number of nitrogens with zero attached hydrogens (tertiary/aromatic N) is 2. The van der Waals surface area contributed by atoms with Gasteiger partial charge in [0.2, 0.25) is 0 Å². The van der Waals surface area contributed by atoms with Crippen molar-refractivity contribution in [1.29, 1.82) is 0 Å². The van der Waals surface area contributed by atoms with Crippen LogP contribution in [-0.2, 0) is 9.53 Å². The quantitative estimate of drug-likeness (QED) is 0.590. The maximum absolute atomic E-state index is 12.7. The predicted octanol–water partition coefficient (Wildman–Crippen LogP) is 3.31. The molecule has 1 N–H and O–H groups in total. The van der Waals surface area contributed by atoms with Crippen molar-refractivity contribution in [2.24, 2.45) is 0 Å². The molecule has 0 saturated carbocycles. The zero-order chi connectivity index (χ0) is 22.3. The van der Waals surface area contributed by atoms with E-state index < -0.39 is 0 Å². The van der Waals surface area contributed by atoms with Gasteiger partial charge in [-0.2, -0.15) is 0 Å². The fourth-order valence-electron chi connectivity index (χ4n) is 3.17. The van der Waals surface area contributed by atoms with E-state index >= 15 is 0 Å². The summed E-state index contributed by atoms with van der Waals surface area (Å²) in [5, 5.41) is 5.19. The average Bonchev–Trinajstić information content (AvgIpc) is 3.31. The Hall–Kier alpha value is -3.43. The van der Waals surface area contributed by atoms with Crippen LogP contribution in [0.25, 0.3) is 11.3 Å². The molecule has 1 aliphatic rings. The number of carbonyl (C=O) groups excluding carboxylic acids is 2. The van der Waals surface area contributed by atoms with E-state index in [2.05, 4.69) is 10.3 Å². The minimum absolute atomic E-state index is 0.0806. The zero-order valence-corrected chi connectivity index (χ0v) is 18.4. The Morgan fingerprint density at radius 2 is 1.91 bits per heavy atom. The first-order valence-electron chi connectivity index (χ1n) is 10.1. The minimum atomic E-state index is -0.300. The molecule has 1 fully saturated rings. The molecule has 0 aliphatic carbocycles. The number of rotatable bonds is 7. The number of thiazole rings is 1. The summed E-state index contributed by atoms with van der Waals surface area (Å²) in [7, 11) is 1.62. The van der Waals surface area contributed by atoms with Crippen LogP contribution < -0.4 is 14.8 Å². The summed E-state index contributed by atoms with van der Waals surface area (Å²) in [5.74, 6) is 0.825. The van der Waals surface area contributed by atoms with E-state index in [0.29, 0.717) is 42.7 Å². The minimum Gasteiger partial charge on any atom is -0.497 e. The van der Waals surface area contributed by atoms with E-state index in [1.165, 1.54) is 11.3 Å². The summed E-state index contributed by atoms with van der Waals surface area (Å²) in [5.41, 5.74) is 2.12. The van der Waals surface area contributed by atoms with E-state index in [1.807, 2.05) is 29.6 Å². The van der Waals surface area contributed by atoms with Gasteiger partial charge in [0, 0.05) is 29.6 Å². The summed E-state index contributed by atoms with van der Waals surface area (Å²) in [6.45, 7) is 2.13. The summed E-state index contributed by atoms with van der Waals surface area (Å²) in [6.07, 6.45) is 0. The van der Waals surface area contributed by atoms with Crippen LogP contribution in [0.3, 0.4) is 0 Å². The van der Waals surface area contributed by atoms with E-state index in [9.17, 15) is 9.59 Å². The van der Waals surface area contributed by atoms with Crippen molar-refractivity contribution in [3.8, 4) is 22.8 Å². The lowest BCUT2D eigenvalue weighted by molar-refractivity contribution is -0.137. The molecule has 0 radical (unpaired) electrons. The maximum atomic E-state index is 12.7. The molecule has 0 atom stereocenters. The number of hydrogen-bond acceptors (Lipinski definition) is 7. The van der Waals surface area contributed by atoms with Crippen LogP contribution in [0.15, 0.2) is 53.9 Å². The first kappa shape index (κ1) is 21.8. The highest BCUT2D eigenvalue weighted by Gasteiger charge is 2.17. The Kier molecular flexibility index (Phi) is 6.98. The van der Waals surface area contributed by atoms with Crippen molar-refractivity contribution in [1.82, 2.24) is 9.88 Å². The number of amides is 2. The summed E-state index contributed by atoms with van der Waals surface area (Å²) in [6, 6.07) is 14.3. The topological polar surface area (TPSA) is 90.0 Å². The Bertz CT molecular complexity index is 1080. The molecule has 3 aromatic rings. The molecule has 1 saturated heterocycles. The van der Waals surface area contributed by atoms with Crippen LogP contribution in [0.1, 0.15) is 10.4 Å². The van der Waals surface area contributed by atoms with Crippen LogP contribution in [0.4, 0.5) is 5.13 Å². The fraction of sp³-hybridized carbons (Fsp3) is 0.261. The zero-order valence-electron chi connectivity index (χ0n) is 17.6. The van der Waals surface area contributed by atoms with Crippen molar-refractivity contribution >= 4 is 28.3 Å². The maximum Gasteiger partial charge on any atom is 0.260 e. The second-order valence-corrected chi connectivity index (χ2v) is 7.89. The number of nitrogens with one attached hydrogen (secondary N) is 1. The average molecular weight is 454 g/mol. The standard InChI is InChI=1S/C23H23N3O5S/c1-29-18-7-5-16(6-8-18)20-15-32-23(24-20)25-22(28)17-3-2-4-19(13-17)31-14-21(27)26-9-11-30-12-10-26/h2-8,13,15H,9-12,14H2,1H3,(H,24,25,28). The third-order valence-corrected chi connectivity index (χ3v) is 5.69. The van der Waals surface area contributed by atoms with Crippen molar-refractivity contribution < 1.29 is 23.8 Å². The second kappa shape index (κ2) is 10.3. The van der Waals surface area contributed by atoms with Crippen molar-refractivity contribution in [2.75, 3.05) is 45.3 Å². The number of benzene rings is 2. The van der Waals surface area contributed by atoms with E-state index in [0.717, 1.165) is 17.0 Å². The first-order valence-corrected chi connectivity index (χ1v) is 11.0. The Morgan fingerprint density at radius 3 is 2.66 bits per heavy atom. The molecule has 2 heterocycles. The fourth-order valence-corrected chi connectivity index (χ4v) is 3.89.